The lowest BCUT2D eigenvalue weighted by Crippen LogP contribution is -2.14. The topological polar surface area (TPSA) is 81.2 Å². The second kappa shape index (κ2) is 10.2. The van der Waals surface area contributed by atoms with Crippen LogP contribution in [0.1, 0.15) is 29.5 Å². The number of benzene rings is 1. The summed E-state index contributed by atoms with van der Waals surface area (Å²) in [7, 11) is 0. The van der Waals surface area contributed by atoms with Crippen molar-refractivity contribution in [1.29, 1.82) is 0 Å². The number of carbonyl (C=O) groups is 2. The third-order valence-corrected chi connectivity index (χ3v) is 5.75. The standard InChI is InChI=1S/C24H18Cl2F3N3O3/c25-19-4-1-13(9-18(19)24(27,28)29)7-16(33)8-14-10-20(26)23(31-12-14)35-17-5-6-30-21(11-17)32-22(34)15-2-3-15/h1,4-6,9-12,15H,2-3,7-8H2,(H,30,32,34). The lowest BCUT2D eigenvalue weighted by atomic mass is 10.0. The van der Waals surface area contributed by atoms with Crippen LogP contribution in [-0.4, -0.2) is 21.7 Å². The van der Waals surface area contributed by atoms with Crippen molar-refractivity contribution in [3.8, 4) is 11.6 Å². The zero-order valence-corrected chi connectivity index (χ0v) is 19.5. The molecule has 182 valence electrons. The fourth-order valence-corrected chi connectivity index (χ4v) is 3.73. The maximum Gasteiger partial charge on any atom is 0.417 e. The Kier molecular flexibility index (Phi) is 7.28. The molecule has 2 heterocycles. The summed E-state index contributed by atoms with van der Waals surface area (Å²) in [5, 5.41) is 2.44. The first-order chi connectivity index (χ1) is 16.6. The van der Waals surface area contributed by atoms with Crippen molar-refractivity contribution >= 4 is 40.7 Å². The molecule has 4 rings (SSSR count). The number of anilines is 1. The maximum absolute atomic E-state index is 13.0. The summed E-state index contributed by atoms with van der Waals surface area (Å²) in [6.45, 7) is 0. The number of halogens is 5. The van der Waals surface area contributed by atoms with Gasteiger partial charge in [0.05, 0.1) is 10.6 Å². The number of hydrogen-bond donors (Lipinski definition) is 1. The summed E-state index contributed by atoms with van der Waals surface area (Å²) in [5.74, 6) is 0.395. The number of amides is 1. The minimum atomic E-state index is -4.61. The number of alkyl halides is 3. The molecule has 0 saturated heterocycles. The van der Waals surface area contributed by atoms with Gasteiger partial charge in [0.25, 0.3) is 0 Å². The predicted octanol–water partition coefficient (Wildman–Crippen LogP) is 6.30. The van der Waals surface area contributed by atoms with Gasteiger partial charge in [-0.1, -0.05) is 29.3 Å². The molecular formula is C24H18Cl2F3N3O3. The van der Waals surface area contributed by atoms with Crippen molar-refractivity contribution in [1.82, 2.24) is 9.97 Å². The fourth-order valence-electron chi connectivity index (χ4n) is 3.28. The molecule has 0 spiro atoms. The molecule has 35 heavy (non-hydrogen) atoms. The van der Waals surface area contributed by atoms with E-state index in [1.54, 1.807) is 6.07 Å². The Morgan fingerprint density at radius 3 is 2.43 bits per heavy atom. The average molecular weight is 524 g/mol. The van der Waals surface area contributed by atoms with E-state index in [-0.39, 0.29) is 46.9 Å². The molecule has 1 fully saturated rings. The highest BCUT2D eigenvalue weighted by molar-refractivity contribution is 6.32. The number of ether oxygens (including phenoxy) is 1. The van der Waals surface area contributed by atoms with E-state index in [4.69, 9.17) is 27.9 Å². The molecule has 1 aliphatic rings. The van der Waals surface area contributed by atoms with Crippen molar-refractivity contribution in [3.05, 3.63) is 75.5 Å². The summed E-state index contributed by atoms with van der Waals surface area (Å²) in [6.07, 6.45) is -0.290. The van der Waals surface area contributed by atoms with Crippen LogP contribution < -0.4 is 10.1 Å². The second-order valence-electron chi connectivity index (χ2n) is 8.08. The minimum absolute atomic E-state index is 0.0270. The zero-order valence-electron chi connectivity index (χ0n) is 18.0. The number of pyridine rings is 2. The molecule has 1 saturated carbocycles. The van der Waals surface area contributed by atoms with Gasteiger partial charge >= 0.3 is 6.18 Å². The Bertz CT molecular complexity index is 1280. The highest BCUT2D eigenvalue weighted by Gasteiger charge is 2.33. The molecule has 2 aromatic heterocycles. The van der Waals surface area contributed by atoms with Crippen LogP contribution >= 0.6 is 23.2 Å². The predicted molar refractivity (Wildman–Crippen MR) is 124 cm³/mol. The third kappa shape index (κ3) is 6.70. The Hall–Kier alpha value is -3.17. The van der Waals surface area contributed by atoms with Gasteiger partial charge in [-0.3, -0.25) is 9.59 Å². The molecule has 0 aliphatic heterocycles. The minimum Gasteiger partial charge on any atom is -0.437 e. The van der Waals surface area contributed by atoms with Crippen LogP contribution in [0.25, 0.3) is 0 Å². The molecule has 0 unspecified atom stereocenters. The van der Waals surface area contributed by atoms with Gasteiger partial charge in [-0.05, 0) is 48.2 Å². The molecule has 1 aliphatic carbocycles. The Morgan fingerprint density at radius 2 is 1.74 bits per heavy atom. The van der Waals surface area contributed by atoms with Gasteiger partial charge in [-0.2, -0.15) is 13.2 Å². The SMILES string of the molecule is O=C(Cc1cnc(Oc2ccnc(NC(=O)C3CC3)c2)c(Cl)c1)Cc1ccc(Cl)c(C(F)(F)F)c1. The zero-order chi connectivity index (χ0) is 25.2. The summed E-state index contributed by atoms with van der Waals surface area (Å²) >= 11 is 11.9. The smallest absolute Gasteiger partial charge is 0.417 e. The lowest BCUT2D eigenvalue weighted by molar-refractivity contribution is -0.137. The van der Waals surface area contributed by atoms with E-state index in [0.29, 0.717) is 17.1 Å². The average Bonchev–Trinajstić information content (AvgIpc) is 3.62. The van der Waals surface area contributed by atoms with Gasteiger partial charge in [0, 0.05) is 37.2 Å². The molecule has 0 atom stereocenters. The van der Waals surface area contributed by atoms with E-state index in [0.717, 1.165) is 25.0 Å². The van der Waals surface area contributed by atoms with Gasteiger partial charge in [0.15, 0.2) is 0 Å². The van der Waals surface area contributed by atoms with Crippen LogP contribution in [0.4, 0.5) is 19.0 Å². The van der Waals surface area contributed by atoms with Crippen molar-refractivity contribution in [2.75, 3.05) is 5.32 Å². The summed E-state index contributed by atoms with van der Waals surface area (Å²) in [6, 6.07) is 7.99. The number of ketones is 1. The normalized spacial score (nSPS) is 13.4. The van der Waals surface area contributed by atoms with Gasteiger partial charge in [-0.25, -0.2) is 9.97 Å². The molecule has 11 heteroatoms. The Balaban J connectivity index is 1.39. The Labute approximate surface area is 208 Å². The van der Waals surface area contributed by atoms with Crippen LogP contribution in [0.3, 0.4) is 0 Å². The fraction of sp³-hybridized carbons (Fsp3) is 0.250. The summed E-state index contributed by atoms with van der Waals surface area (Å²) in [5.41, 5.74) is -0.306. The van der Waals surface area contributed by atoms with Crippen LogP contribution in [0.2, 0.25) is 10.0 Å². The van der Waals surface area contributed by atoms with Crippen molar-refractivity contribution < 1.29 is 27.5 Å². The van der Waals surface area contributed by atoms with Gasteiger partial charge in [0.2, 0.25) is 11.8 Å². The molecule has 0 radical (unpaired) electrons. The number of rotatable bonds is 8. The summed E-state index contributed by atoms with van der Waals surface area (Å²) in [4.78, 5) is 32.6. The van der Waals surface area contributed by atoms with E-state index in [1.165, 1.54) is 30.6 Å². The molecule has 1 N–H and O–H groups in total. The molecule has 0 bridgehead atoms. The number of hydrogen-bond acceptors (Lipinski definition) is 5. The number of aromatic nitrogens is 2. The Morgan fingerprint density at radius 1 is 1.00 bits per heavy atom. The second-order valence-corrected chi connectivity index (χ2v) is 8.89. The van der Waals surface area contributed by atoms with E-state index >= 15 is 0 Å². The molecular weight excluding hydrogens is 506 g/mol. The highest BCUT2D eigenvalue weighted by Crippen LogP contribution is 2.35. The number of nitrogens with one attached hydrogen (secondary N) is 1. The molecule has 1 aromatic carbocycles. The first-order valence-corrected chi connectivity index (χ1v) is 11.3. The van der Waals surface area contributed by atoms with Gasteiger partial charge < -0.3 is 10.1 Å². The maximum atomic E-state index is 13.0. The number of nitrogens with zero attached hydrogens (tertiary/aromatic N) is 2. The van der Waals surface area contributed by atoms with E-state index in [1.807, 2.05) is 0 Å². The molecule has 3 aromatic rings. The van der Waals surface area contributed by atoms with Crippen LogP contribution in [0, 0.1) is 5.92 Å². The third-order valence-electron chi connectivity index (χ3n) is 5.15. The van der Waals surface area contributed by atoms with Crippen LogP contribution in [0.5, 0.6) is 11.6 Å². The number of carbonyl (C=O) groups excluding carboxylic acids is 2. The van der Waals surface area contributed by atoms with Gasteiger partial charge in [-0.15, -0.1) is 0 Å². The van der Waals surface area contributed by atoms with Crippen LogP contribution in [-0.2, 0) is 28.6 Å². The molecule has 6 nitrogen and oxygen atoms in total. The first-order valence-electron chi connectivity index (χ1n) is 10.5. The monoisotopic (exact) mass is 523 g/mol. The highest BCUT2D eigenvalue weighted by atomic mass is 35.5. The van der Waals surface area contributed by atoms with E-state index < -0.39 is 16.8 Å². The van der Waals surface area contributed by atoms with E-state index in [9.17, 15) is 22.8 Å². The van der Waals surface area contributed by atoms with Crippen LogP contribution in [0.15, 0.2) is 48.8 Å². The van der Waals surface area contributed by atoms with E-state index in [2.05, 4.69) is 15.3 Å². The van der Waals surface area contributed by atoms with Gasteiger partial charge in [0.1, 0.15) is 22.4 Å². The van der Waals surface area contributed by atoms with Crippen molar-refractivity contribution in [2.45, 2.75) is 31.9 Å². The first kappa shape index (κ1) is 24.9. The lowest BCUT2D eigenvalue weighted by Gasteiger charge is -2.11. The quantitative estimate of drug-likeness (QED) is 0.374. The van der Waals surface area contributed by atoms with Crippen molar-refractivity contribution in [3.63, 3.8) is 0 Å². The summed E-state index contributed by atoms with van der Waals surface area (Å²) < 4.78 is 44.8. The largest absolute Gasteiger partial charge is 0.437 e. The van der Waals surface area contributed by atoms with Crippen molar-refractivity contribution in [2.24, 2.45) is 5.92 Å². The molecule has 1 amide bonds. The number of Topliss-reactive ketones (excluding diaryl/α,β-unsaturated/α-hetero) is 1.